The lowest BCUT2D eigenvalue weighted by atomic mass is 9.98. The third kappa shape index (κ3) is 3.40. The van der Waals surface area contributed by atoms with Gasteiger partial charge in [0.05, 0.1) is 0 Å². The van der Waals surface area contributed by atoms with Gasteiger partial charge in [0, 0.05) is 10.9 Å². The maximum atomic E-state index is 14.5. The lowest BCUT2D eigenvalue weighted by Crippen LogP contribution is -1.91. The third-order valence-corrected chi connectivity index (χ3v) is 4.30. The van der Waals surface area contributed by atoms with Gasteiger partial charge in [0.1, 0.15) is 17.4 Å². The summed E-state index contributed by atoms with van der Waals surface area (Å²) in [7, 11) is 0. The Kier molecular flexibility index (Phi) is 4.79. The minimum Gasteiger partial charge on any atom is -0.508 e. The van der Waals surface area contributed by atoms with Gasteiger partial charge in [-0.25, -0.2) is 8.78 Å². The van der Waals surface area contributed by atoms with E-state index in [1.54, 1.807) is 24.3 Å². The highest BCUT2D eigenvalue weighted by Gasteiger charge is 2.11. The second-order valence-electron chi connectivity index (χ2n) is 6.13. The van der Waals surface area contributed by atoms with E-state index in [0.717, 1.165) is 31.2 Å². The van der Waals surface area contributed by atoms with Crippen LogP contribution in [0.4, 0.5) is 8.78 Å². The molecule has 1 nitrogen and oxygen atoms in total. The van der Waals surface area contributed by atoms with Gasteiger partial charge in [-0.05, 0) is 59.7 Å². The Labute approximate surface area is 140 Å². The summed E-state index contributed by atoms with van der Waals surface area (Å²) in [4.78, 5) is 0. The highest BCUT2D eigenvalue weighted by Crippen LogP contribution is 2.31. The molecule has 0 aliphatic heterocycles. The van der Waals surface area contributed by atoms with Crippen molar-refractivity contribution >= 4 is 10.8 Å². The topological polar surface area (TPSA) is 20.2 Å². The van der Waals surface area contributed by atoms with Crippen molar-refractivity contribution < 1.29 is 13.9 Å². The number of phenolic OH excluding ortho intramolecular Hbond substituents is 1. The van der Waals surface area contributed by atoms with Gasteiger partial charge in [0.2, 0.25) is 0 Å². The molecule has 0 aliphatic rings. The lowest BCUT2D eigenvalue weighted by Gasteiger charge is -2.09. The fourth-order valence-electron chi connectivity index (χ4n) is 2.98. The predicted molar refractivity (Wildman–Crippen MR) is 94.2 cm³/mol. The van der Waals surface area contributed by atoms with Crippen molar-refractivity contribution in [2.45, 2.75) is 32.6 Å². The van der Waals surface area contributed by atoms with E-state index >= 15 is 0 Å². The van der Waals surface area contributed by atoms with Crippen LogP contribution in [0.2, 0.25) is 0 Å². The van der Waals surface area contributed by atoms with Crippen LogP contribution in [0.5, 0.6) is 5.75 Å². The Bertz CT molecular complexity index is 871. The summed E-state index contributed by atoms with van der Waals surface area (Å²) in [6.45, 7) is 2.14. The zero-order chi connectivity index (χ0) is 17.1. The Hall–Kier alpha value is -2.42. The van der Waals surface area contributed by atoms with E-state index < -0.39 is 5.82 Å². The molecule has 124 valence electrons. The standard InChI is InChI=1S/C21H20F2O/c1-2-3-4-5-14-6-9-18(20(22)10-14)16-11-15-7-8-17(24)13-19(15)21(23)12-16/h6-13,24H,2-5H2,1H3. The third-order valence-electron chi connectivity index (χ3n) is 4.30. The smallest absolute Gasteiger partial charge is 0.131 e. The van der Waals surface area contributed by atoms with Crippen LogP contribution in [0.1, 0.15) is 31.7 Å². The molecule has 3 aromatic carbocycles. The molecule has 0 saturated heterocycles. The summed E-state index contributed by atoms with van der Waals surface area (Å²) in [6, 6.07) is 12.7. The number of benzene rings is 3. The summed E-state index contributed by atoms with van der Waals surface area (Å²) in [5, 5.41) is 10.4. The molecule has 0 fully saturated rings. The summed E-state index contributed by atoms with van der Waals surface area (Å²) >= 11 is 0. The van der Waals surface area contributed by atoms with E-state index in [1.807, 2.05) is 6.07 Å². The molecule has 0 spiro atoms. The molecule has 3 aromatic rings. The average Bonchev–Trinajstić information content (AvgIpc) is 2.56. The summed E-state index contributed by atoms with van der Waals surface area (Å²) in [6.07, 6.45) is 4.17. The highest BCUT2D eigenvalue weighted by molar-refractivity contribution is 5.89. The van der Waals surface area contributed by atoms with Crippen molar-refractivity contribution in [1.29, 1.82) is 0 Å². The van der Waals surface area contributed by atoms with E-state index in [4.69, 9.17) is 0 Å². The van der Waals surface area contributed by atoms with Crippen molar-refractivity contribution in [2.24, 2.45) is 0 Å². The van der Waals surface area contributed by atoms with E-state index in [9.17, 15) is 13.9 Å². The molecule has 24 heavy (non-hydrogen) atoms. The zero-order valence-electron chi connectivity index (χ0n) is 13.7. The number of phenols is 1. The van der Waals surface area contributed by atoms with Gasteiger partial charge in [0.15, 0.2) is 0 Å². The van der Waals surface area contributed by atoms with Crippen LogP contribution in [0, 0.1) is 11.6 Å². The summed E-state index contributed by atoms with van der Waals surface area (Å²) < 4.78 is 28.8. The molecule has 0 bridgehead atoms. The molecular weight excluding hydrogens is 306 g/mol. The number of unbranched alkanes of at least 4 members (excludes halogenated alkanes) is 2. The van der Waals surface area contributed by atoms with Crippen molar-refractivity contribution in [1.82, 2.24) is 0 Å². The van der Waals surface area contributed by atoms with Crippen molar-refractivity contribution in [2.75, 3.05) is 0 Å². The second-order valence-corrected chi connectivity index (χ2v) is 6.13. The molecule has 1 N–H and O–H groups in total. The van der Waals surface area contributed by atoms with Gasteiger partial charge < -0.3 is 5.11 Å². The second kappa shape index (κ2) is 7.00. The molecule has 0 amide bonds. The Morgan fingerprint density at radius 2 is 1.71 bits per heavy atom. The minimum atomic E-state index is -0.468. The van der Waals surface area contributed by atoms with Crippen LogP contribution in [0.15, 0.2) is 48.5 Å². The van der Waals surface area contributed by atoms with E-state index in [0.29, 0.717) is 21.9 Å². The van der Waals surface area contributed by atoms with Gasteiger partial charge in [-0.3, -0.25) is 0 Å². The number of aromatic hydroxyl groups is 1. The normalized spacial score (nSPS) is 11.1. The van der Waals surface area contributed by atoms with Gasteiger partial charge in [-0.1, -0.05) is 38.0 Å². The first-order valence-electron chi connectivity index (χ1n) is 8.29. The van der Waals surface area contributed by atoms with Crippen LogP contribution in [0.25, 0.3) is 21.9 Å². The number of aryl methyl sites for hydroxylation is 1. The monoisotopic (exact) mass is 326 g/mol. The molecule has 0 saturated carbocycles. The maximum Gasteiger partial charge on any atom is 0.131 e. The molecule has 0 aliphatic carbocycles. The maximum absolute atomic E-state index is 14.5. The Morgan fingerprint density at radius 1 is 0.875 bits per heavy atom. The number of hydrogen-bond donors (Lipinski definition) is 1. The zero-order valence-corrected chi connectivity index (χ0v) is 13.7. The van der Waals surface area contributed by atoms with Gasteiger partial charge in [-0.2, -0.15) is 0 Å². The fourth-order valence-corrected chi connectivity index (χ4v) is 2.98. The molecule has 0 heterocycles. The molecule has 3 rings (SSSR count). The average molecular weight is 326 g/mol. The molecule has 3 heteroatoms. The fraction of sp³-hybridized carbons (Fsp3) is 0.238. The number of rotatable bonds is 5. The first-order chi connectivity index (χ1) is 11.6. The molecule has 0 radical (unpaired) electrons. The van der Waals surface area contributed by atoms with E-state index in [-0.39, 0.29) is 11.6 Å². The van der Waals surface area contributed by atoms with Crippen LogP contribution in [-0.2, 0) is 6.42 Å². The Balaban J connectivity index is 1.96. The lowest BCUT2D eigenvalue weighted by molar-refractivity contribution is 0.476. The largest absolute Gasteiger partial charge is 0.508 e. The van der Waals surface area contributed by atoms with E-state index in [2.05, 4.69) is 6.92 Å². The van der Waals surface area contributed by atoms with Crippen molar-refractivity contribution in [3.05, 3.63) is 65.7 Å². The molecule has 0 aromatic heterocycles. The SMILES string of the molecule is CCCCCc1ccc(-c2cc(F)c3cc(O)ccc3c2)c(F)c1. The number of hydrogen-bond acceptors (Lipinski definition) is 1. The van der Waals surface area contributed by atoms with Crippen LogP contribution in [0.3, 0.4) is 0 Å². The summed E-state index contributed by atoms with van der Waals surface area (Å²) in [5.74, 6) is -0.789. The van der Waals surface area contributed by atoms with Crippen LogP contribution < -0.4 is 0 Å². The van der Waals surface area contributed by atoms with Crippen molar-refractivity contribution in [3.63, 3.8) is 0 Å². The summed E-state index contributed by atoms with van der Waals surface area (Å²) in [5.41, 5.74) is 1.86. The first-order valence-corrected chi connectivity index (χ1v) is 8.29. The van der Waals surface area contributed by atoms with Gasteiger partial charge >= 0.3 is 0 Å². The number of halogens is 2. The Morgan fingerprint density at radius 3 is 2.46 bits per heavy atom. The highest BCUT2D eigenvalue weighted by atomic mass is 19.1. The van der Waals surface area contributed by atoms with Gasteiger partial charge in [-0.15, -0.1) is 0 Å². The first kappa shape index (κ1) is 16.4. The minimum absolute atomic E-state index is 0.0109. The molecule has 0 unspecified atom stereocenters. The van der Waals surface area contributed by atoms with Crippen molar-refractivity contribution in [3.8, 4) is 16.9 Å². The quantitative estimate of drug-likeness (QED) is 0.552. The molecular formula is C21H20F2O. The number of fused-ring (bicyclic) bond motifs is 1. The van der Waals surface area contributed by atoms with Gasteiger partial charge in [0.25, 0.3) is 0 Å². The predicted octanol–water partition coefficient (Wildman–Crippen LogP) is 6.22. The van der Waals surface area contributed by atoms with Crippen LogP contribution in [-0.4, -0.2) is 5.11 Å². The molecule has 0 atom stereocenters. The van der Waals surface area contributed by atoms with Crippen LogP contribution >= 0.6 is 0 Å². The van der Waals surface area contributed by atoms with E-state index in [1.165, 1.54) is 18.2 Å².